The molecule has 6 nitrogen and oxygen atoms in total. The third-order valence-corrected chi connectivity index (χ3v) is 4.55. The number of hydrogen-bond donors (Lipinski definition) is 0. The molecular weight excluding hydrogens is 339 g/mol. The number of nitrogens with zero attached hydrogens (tertiary/aromatic N) is 1. The van der Waals surface area contributed by atoms with E-state index in [2.05, 4.69) is 4.18 Å². The van der Waals surface area contributed by atoms with Gasteiger partial charge < -0.3 is 13.8 Å². The lowest BCUT2D eigenvalue weighted by molar-refractivity contribution is -0.0526. The van der Waals surface area contributed by atoms with Gasteiger partial charge in [-0.1, -0.05) is 0 Å². The van der Waals surface area contributed by atoms with E-state index >= 15 is 0 Å². The minimum atomic E-state index is -5.69. The van der Waals surface area contributed by atoms with Gasteiger partial charge >= 0.3 is 21.7 Å². The lowest BCUT2D eigenvalue weighted by Crippen LogP contribution is -2.36. The highest BCUT2D eigenvalue weighted by Crippen LogP contribution is 2.41. The van der Waals surface area contributed by atoms with Crippen LogP contribution in [0, 0.1) is 11.8 Å². The molecule has 0 bridgehead atoms. The predicted molar refractivity (Wildman–Crippen MR) is 73.5 cm³/mol. The van der Waals surface area contributed by atoms with Crippen molar-refractivity contribution in [2.45, 2.75) is 38.3 Å². The summed E-state index contributed by atoms with van der Waals surface area (Å²) in [7, 11) is -5.69. The van der Waals surface area contributed by atoms with Crippen LogP contribution < -0.4 is 0 Å². The number of alkyl halides is 3. The molecule has 1 heterocycles. The van der Waals surface area contributed by atoms with Gasteiger partial charge in [0, 0.05) is 19.0 Å². The second-order valence-corrected chi connectivity index (χ2v) is 8.12. The third-order valence-electron chi connectivity index (χ3n) is 3.57. The Labute approximate surface area is 132 Å². The topological polar surface area (TPSA) is 72.9 Å². The molecule has 0 aromatic rings. The minimum absolute atomic E-state index is 0.0682. The Morgan fingerprint density at radius 3 is 2.39 bits per heavy atom. The average molecular weight is 357 g/mol. The molecule has 1 saturated heterocycles. The van der Waals surface area contributed by atoms with Crippen molar-refractivity contribution < 1.29 is 35.3 Å². The van der Waals surface area contributed by atoms with Crippen molar-refractivity contribution in [3.63, 3.8) is 0 Å². The zero-order valence-electron chi connectivity index (χ0n) is 12.9. The fourth-order valence-electron chi connectivity index (χ4n) is 2.60. The fraction of sp³-hybridized carbons (Fsp3) is 0.769. The second kappa shape index (κ2) is 5.57. The highest BCUT2D eigenvalue weighted by molar-refractivity contribution is 7.87. The Bertz CT molecular complexity index is 621. The summed E-state index contributed by atoms with van der Waals surface area (Å²) < 4.78 is 68.8. The largest absolute Gasteiger partial charge is 0.534 e. The molecule has 1 amide bonds. The van der Waals surface area contributed by atoms with E-state index in [1.807, 2.05) is 0 Å². The Morgan fingerprint density at radius 2 is 1.87 bits per heavy atom. The molecule has 0 radical (unpaired) electrons. The number of carbonyl (C=O) groups is 1. The number of halogens is 3. The van der Waals surface area contributed by atoms with Crippen LogP contribution in [0.15, 0.2) is 11.8 Å². The molecule has 2 aliphatic rings. The summed E-state index contributed by atoms with van der Waals surface area (Å²) >= 11 is 0. The summed E-state index contributed by atoms with van der Waals surface area (Å²) in [6.07, 6.45) is 1.11. The molecule has 0 saturated carbocycles. The quantitative estimate of drug-likeness (QED) is 0.561. The molecule has 0 N–H and O–H groups in total. The van der Waals surface area contributed by atoms with Crippen molar-refractivity contribution in [1.29, 1.82) is 0 Å². The summed E-state index contributed by atoms with van der Waals surface area (Å²) in [5.74, 6) is -0.987. The normalized spacial score (nSPS) is 25.1. The van der Waals surface area contributed by atoms with Crippen LogP contribution in [0.2, 0.25) is 0 Å². The van der Waals surface area contributed by atoms with Gasteiger partial charge in [-0.25, -0.2) is 4.79 Å². The van der Waals surface area contributed by atoms with Crippen LogP contribution in [0.3, 0.4) is 0 Å². The van der Waals surface area contributed by atoms with Crippen LogP contribution in [-0.4, -0.2) is 43.6 Å². The van der Waals surface area contributed by atoms with E-state index in [4.69, 9.17) is 4.74 Å². The number of allylic oxidation sites excluding steroid dienone is 1. The highest BCUT2D eigenvalue weighted by atomic mass is 32.2. The first-order chi connectivity index (χ1) is 10.3. The number of amides is 1. The lowest BCUT2D eigenvalue weighted by Gasteiger charge is -2.24. The van der Waals surface area contributed by atoms with Crippen molar-refractivity contribution in [3.05, 3.63) is 11.8 Å². The van der Waals surface area contributed by atoms with Crippen molar-refractivity contribution in [2.75, 3.05) is 13.1 Å². The Morgan fingerprint density at radius 1 is 1.26 bits per heavy atom. The van der Waals surface area contributed by atoms with Gasteiger partial charge in [-0.05, 0) is 39.2 Å². The molecule has 0 spiro atoms. The number of hydrogen-bond acceptors (Lipinski definition) is 5. The Kier molecular flexibility index (Phi) is 4.33. The first-order valence-corrected chi connectivity index (χ1v) is 8.40. The third kappa shape index (κ3) is 3.91. The minimum Gasteiger partial charge on any atom is -0.444 e. The van der Waals surface area contributed by atoms with Crippen LogP contribution in [0.25, 0.3) is 0 Å². The predicted octanol–water partition coefficient (Wildman–Crippen LogP) is 2.62. The number of likely N-dealkylation sites (tertiary alicyclic amines) is 1. The maximum absolute atomic E-state index is 12.4. The molecule has 1 aliphatic carbocycles. The molecule has 1 aliphatic heterocycles. The van der Waals surface area contributed by atoms with E-state index < -0.39 is 33.2 Å². The van der Waals surface area contributed by atoms with Crippen LogP contribution >= 0.6 is 0 Å². The monoisotopic (exact) mass is 357 g/mol. The van der Waals surface area contributed by atoms with E-state index in [0.29, 0.717) is 6.42 Å². The van der Waals surface area contributed by atoms with Crippen LogP contribution in [0.1, 0.15) is 27.2 Å². The van der Waals surface area contributed by atoms with Crippen molar-refractivity contribution in [3.8, 4) is 0 Å². The van der Waals surface area contributed by atoms with Crippen LogP contribution in [-0.2, 0) is 19.0 Å². The fourth-order valence-corrected chi connectivity index (χ4v) is 3.14. The summed E-state index contributed by atoms with van der Waals surface area (Å²) in [6.45, 7) is 5.46. The summed E-state index contributed by atoms with van der Waals surface area (Å²) in [4.78, 5) is 13.3. The molecule has 1 fully saturated rings. The Balaban J connectivity index is 2.04. The van der Waals surface area contributed by atoms with Crippen molar-refractivity contribution in [2.24, 2.45) is 11.8 Å². The summed E-state index contributed by atoms with van der Waals surface area (Å²) in [5, 5.41) is 0. The Hall–Kier alpha value is -1.45. The average Bonchev–Trinajstić information content (AvgIpc) is 2.87. The highest BCUT2D eigenvalue weighted by Gasteiger charge is 2.51. The van der Waals surface area contributed by atoms with Gasteiger partial charge in [-0.3, -0.25) is 0 Å². The van der Waals surface area contributed by atoms with Gasteiger partial charge in [0.25, 0.3) is 0 Å². The van der Waals surface area contributed by atoms with E-state index in [-0.39, 0.29) is 24.8 Å². The molecule has 2 rings (SSSR count). The lowest BCUT2D eigenvalue weighted by atomic mass is 9.99. The number of rotatable bonds is 2. The number of ether oxygens (including phenoxy) is 1. The summed E-state index contributed by atoms with van der Waals surface area (Å²) in [5.41, 5.74) is -6.17. The van der Waals surface area contributed by atoms with E-state index in [1.165, 1.54) is 11.0 Å². The van der Waals surface area contributed by atoms with E-state index in [9.17, 15) is 26.4 Å². The molecule has 0 aromatic heterocycles. The van der Waals surface area contributed by atoms with Gasteiger partial charge in [0.05, 0.1) is 0 Å². The maximum atomic E-state index is 12.4. The number of fused-ring (bicyclic) bond motifs is 1. The van der Waals surface area contributed by atoms with Crippen molar-refractivity contribution in [1.82, 2.24) is 4.90 Å². The standard InChI is InChI=1S/C13H18F3NO5S/c1-12(2,3)21-11(18)17-6-8-4-5-10(9(8)7-17)22-23(19,20)13(14,15)16/h5,8-9H,4,6-7H2,1-3H3/t8-,9+/m0/s1. The molecular formula is C13H18F3NO5S. The van der Waals surface area contributed by atoms with Gasteiger partial charge in [-0.2, -0.15) is 21.6 Å². The summed E-state index contributed by atoms with van der Waals surface area (Å²) in [6, 6.07) is 0. The number of carbonyl (C=O) groups excluding carboxylic acids is 1. The molecule has 0 aromatic carbocycles. The van der Waals surface area contributed by atoms with E-state index in [1.54, 1.807) is 20.8 Å². The van der Waals surface area contributed by atoms with Crippen molar-refractivity contribution >= 4 is 16.2 Å². The van der Waals surface area contributed by atoms with Gasteiger partial charge in [0.15, 0.2) is 0 Å². The zero-order valence-corrected chi connectivity index (χ0v) is 13.7. The SMILES string of the molecule is CC(C)(C)OC(=O)N1C[C@@H]2CC=C(OS(=O)(=O)C(F)(F)F)[C@@H]2C1. The smallest absolute Gasteiger partial charge is 0.444 e. The molecule has 23 heavy (non-hydrogen) atoms. The van der Waals surface area contributed by atoms with Gasteiger partial charge in [0.2, 0.25) is 0 Å². The van der Waals surface area contributed by atoms with Gasteiger partial charge in [-0.15, -0.1) is 0 Å². The first kappa shape index (κ1) is 17.9. The second-order valence-electron chi connectivity index (χ2n) is 6.58. The molecule has 132 valence electrons. The maximum Gasteiger partial charge on any atom is 0.534 e. The first-order valence-electron chi connectivity index (χ1n) is 6.99. The van der Waals surface area contributed by atoms with E-state index in [0.717, 1.165) is 0 Å². The molecule has 0 unspecified atom stereocenters. The van der Waals surface area contributed by atoms with Crippen LogP contribution in [0.5, 0.6) is 0 Å². The molecule has 10 heteroatoms. The van der Waals surface area contributed by atoms with Gasteiger partial charge in [0.1, 0.15) is 11.4 Å². The van der Waals surface area contributed by atoms with Crippen LogP contribution in [0.4, 0.5) is 18.0 Å². The zero-order chi connectivity index (χ0) is 17.6. The molecule has 2 atom stereocenters.